The molecule has 1 aliphatic heterocycles. The fourth-order valence-corrected chi connectivity index (χ4v) is 5.26. The molecule has 0 saturated heterocycles. The summed E-state index contributed by atoms with van der Waals surface area (Å²) < 4.78 is 2.33. The fourth-order valence-electron chi connectivity index (χ4n) is 4.13. The molecule has 2 amide bonds. The highest BCUT2D eigenvalue weighted by molar-refractivity contribution is 8.00. The second kappa shape index (κ2) is 7.62. The average molecular weight is 399 g/mol. The van der Waals surface area contributed by atoms with E-state index in [1.807, 2.05) is 38.1 Å². The number of carbonyl (C=O) groups excluding carboxylic acids is 2. The zero-order chi connectivity index (χ0) is 19.8. The number of aryl methyl sites for hydroxylation is 1. The zero-order valence-corrected chi connectivity index (χ0v) is 17.4. The molecule has 0 spiro atoms. The Labute approximate surface area is 169 Å². The van der Waals surface area contributed by atoms with E-state index in [0.717, 1.165) is 16.5 Å². The molecule has 0 radical (unpaired) electrons. The first-order chi connectivity index (χ1) is 13.5. The van der Waals surface area contributed by atoms with Crippen LogP contribution in [0.2, 0.25) is 0 Å². The van der Waals surface area contributed by atoms with Crippen LogP contribution in [0.15, 0.2) is 29.4 Å². The number of rotatable bonds is 4. The molecule has 1 aromatic carbocycles. The predicted molar refractivity (Wildman–Crippen MR) is 112 cm³/mol. The summed E-state index contributed by atoms with van der Waals surface area (Å²) in [5, 5.41) is 3.42. The molecule has 7 heteroatoms. The van der Waals surface area contributed by atoms with Crippen LogP contribution in [-0.2, 0) is 9.59 Å². The number of nitrogens with one attached hydrogen (secondary N) is 1. The smallest absolute Gasteiger partial charge is 0.244 e. The van der Waals surface area contributed by atoms with Gasteiger partial charge in [-0.05, 0) is 45.7 Å². The minimum absolute atomic E-state index is 0.0515. The maximum atomic E-state index is 13.2. The summed E-state index contributed by atoms with van der Waals surface area (Å²) in [6.07, 6.45) is 4.84. The minimum Gasteiger partial charge on any atom is -0.323 e. The van der Waals surface area contributed by atoms with Gasteiger partial charge in [0.1, 0.15) is 6.54 Å². The van der Waals surface area contributed by atoms with Crippen LogP contribution in [0.3, 0.4) is 0 Å². The summed E-state index contributed by atoms with van der Waals surface area (Å²) in [6.45, 7) is 6.10. The fraction of sp³-hybridized carbons (Fsp3) is 0.476. The van der Waals surface area contributed by atoms with Crippen molar-refractivity contribution in [3.05, 3.63) is 35.7 Å². The van der Waals surface area contributed by atoms with E-state index in [9.17, 15) is 9.59 Å². The standard InChI is InChI=1S/C21H26N4O2S/c1-13-14(2)25(16-8-4-5-9-16)21(22-13)28-15(3)20(27)24-12-19(26)23-17-10-6-7-11-18(17)24/h6-7,10-11,15-16H,4-5,8-9,12H2,1-3H3,(H,23,26)/t15-/m0/s1. The van der Waals surface area contributed by atoms with Crippen LogP contribution in [0.5, 0.6) is 0 Å². The second-order valence-corrected chi connectivity index (χ2v) is 8.93. The molecule has 2 heterocycles. The molecule has 2 aliphatic rings. The monoisotopic (exact) mass is 398 g/mol. The molecule has 1 N–H and O–H groups in total. The number of hydrogen-bond donors (Lipinski definition) is 1. The van der Waals surface area contributed by atoms with Gasteiger partial charge >= 0.3 is 0 Å². The minimum atomic E-state index is -0.333. The Hall–Kier alpha value is -2.28. The van der Waals surface area contributed by atoms with Gasteiger partial charge in [0.25, 0.3) is 0 Å². The van der Waals surface area contributed by atoms with Gasteiger partial charge in [0.2, 0.25) is 11.8 Å². The van der Waals surface area contributed by atoms with E-state index in [2.05, 4.69) is 16.8 Å². The Bertz CT molecular complexity index is 917. The average Bonchev–Trinajstić information content (AvgIpc) is 3.29. The molecule has 4 rings (SSSR count). The first-order valence-corrected chi connectivity index (χ1v) is 10.8. The topological polar surface area (TPSA) is 67.2 Å². The Morgan fingerprint density at radius 2 is 1.96 bits per heavy atom. The van der Waals surface area contributed by atoms with Gasteiger partial charge in [0.15, 0.2) is 5.16 Å². The zero-order valence-electron chi connectivity index (χ0n) is 16.6. The van der Waals surface area contributed by atoms with E-state index in [1.54, 1.807) is 4.90 Å². The molecular weight excluding hydrogens is 372 g/mol. The quantitative estimate of drug-likeness (QED) is 0.788. The van der Waals surface area contributed by atoms with Crippen molar-refractivity contribution in [3.63, 3.8) is 0 Å². The maximum absolute atomic E-state index is 13.2. The van der Waals surface area contributed by atoms with Crippen LogP contribution in [0.1, 0.15) is 50.0 Å². The highest BCUT2D eigenvalue weighted by atomic mass is 32.2. The molecule has 148 valence electrons. The van der Waals surface area contributed by atoms with Crippen molar-refractivity contribution in [3.8, 4) is 0 Å². The third-order valence-electron chi connectivity index (χ3n) is 5.71. The largest absolute Gasteiger partial charge is 0.323 e. The van der Waals surface area contributed by atoms with Crippen molar-refractivity contribution in [2.75, 3.05) is 16.8 Å². The molecule has 2 aromatic rings. The SMILES string of the molecule is Cc1nc(S[C@@H](C)C(=O)N2CC(=O)Nc3ccccc32)n(C2CCCC2)c1C. The van der Waals surface area contributed by atoms with Crippen molar-refractivity contribution < 1.29 is 9.59 Å². The van der Waals surface area contributed by atoms with Crippen LogP contribution in [0.25, 0.3) is 0 Å². The van der Waals surface area contributed by atoms with Crippen LogP contribution >= 0.6 is 11.8 Å². The summed E-state index contributed by atoms with van der Waals surface area (Å²) >= 11 is 1.50. The lowest BCUT2D eigenvalue weighted by molar-refractivity contribution is -0.121. The lowest BCUT2D eigenvalue weighted by Crippen LogP contribution is -2.45. The molecule has 1 aliphatic carbocycles. The van der Waals surface area contributed by atoms with Crippen LogP contribution < -0.4 is 10.2 Å². The molecule has 0 unspecified atom stereocenters. The Kier molecular flexibility index (Phi) is 5.19. The number of hydrogen-bond acceptors (Lipinski definition) is 4. The number of aromatic nitrogens is 2. The number of anilines is 2. The highest BCUT2D eigenvalue weighted by Gasteiger charge is 2.32. The van der Waals surface area contributed by atoms with Gasteiger partial charge in [-0.1, -0.05) is 36.7 Å². The van der Waals surface area contributed by atoms with Gasteiger partial charge in [0.05, 0.1) is 22.3 Å². The number of benzene rings is 1. The Morgan fingerprint density at radius 1 is 1.25 bits per heavy atom. The number of thioether (sulfide) groups is 1. The number of para-hydroxylation sites is 2. The predicted octanol–water partition coefficient (Wildman–Crippen LogP) is 4.08. The van der Waals surface area contributed by atoms with E-state index in [0.29, 0.717) is 11.7 Å². The highest BCUT2D eigenvalue weighted by Crippen LogP contribution is 2.37. The maximum Gasteiger partial charge on any atom is 0.244 e. The van der Waals surface area contributed by atoms with Crippen molar-refractivity contribution in [2.45, 2.75) is 62.9 Å². The van der Waals surface area contributed by atoms with Gasteiger partial charge in [-0.3, -0.25) is 14.5 Å². The van der Waals surface area contributed by atoms with Crippen molar-refractivity contribution in [1.29, 1.82) is 0 Å². The second-order valence-electron chi connectivity index (χ2n) is 7.62. The summed E-state index contributed by atoms with van der Waals surface area (Å²) in [5.41, 5.74) is 3.66. The molecular formula is C21H26N4O2S. The first-order valence-electron chi connectivity index (χ1n) is 9.88. The van der Waals surface area contributed by atoms with Gasteiger partial charge in [-0.25, -0.2) is 4.98 Å². The van der Waals surface area contributed by atoms with Crippen LogP contribution in [0, 0.1) is 13.8 Å². The summed E-state index contributed by atoms with van der Waals surface area (Å²) in [5.74, 6) is -0.230. The van der Waals surface area contributed by atoms with Gasteiger partial charge in [-0.15, -0.1) is 0 Å². The first kappa shape index (κ1) is 19.1. The lowest BCUT2D eigenvalue weighted by atomic mass is 10.2. The molecule has 1 atom stereocenters. The third kappa shape index (κ3) is 3.43. The van der Waals surface area contributed by atoms with E-state index in [-0.39, 0.29) is 23.6 Å². The molecule has 1 saturated carbocycles. The van der Waals surface area contributed by atoms with Crippen LogP contribution in [-0.4, -0.2) is 33.2 Å². The molecule has 28 heavy (non-hydrogen) atoms. The van der Waals surface area contributed by atoms with Crippen molar-refractivity contribution in [2.24, 2.45) is 0 Å². The number of nitrogens with zero attached hydrogens (tertiary/aromatic N) is 3. The number of fused-ring (bicyclic) bond motifs is 1. The van der Waals surface area contributed by atoms with Gasteiger partial charge in [0, 0.05) is 11.7 Å². The van der Waals surface area contributed by atoms with Gasteiger partial charge in [-0.2, -0.15) is 0 Å². The van der Waals surface area contributed by atoms with E-state index < -0.39 is 0 Å². The molecule has 1 fully saturated rings. The summed E-state index contributed by atoms with van der Waals surface area (Å²) in [4.78, 5) is 31.6. The van der Waals surface area contributed by atoms with Crippen LogP contribution in [0.4, 0.5) is 11.4 Å². The van der Waals surface area contributed by atoms with E-state index >= 15 is 0 Å². The normalized spacial score (nSPS) is 18.1. The van der Waals surface area contributed by atoms with E-state index in [4.69, 9.17) is 4.98 Å². The third-order valence-corrected chi connectivity index (χ3v) is 6.76. The summed E-state index contributed by atoms with van der Waals surface area (Å²) in [7, 11) is 0. The molecule has 6 nitrogen and oxygen atoms in total. The van der Waals surface area contributed by atoms with E-state index in [1.165, 1.54) is 43.1 Å². The van der Waals surface area contributed by atoms with Crippen molar-refractivity contribution in [1.82, 2.24) is 9.55 Å². The molecule has 0 bridgehead atoms. The number of carbonyl (C=O) groups is 2. The Balaban J connectivity index is 1.58. The summed E-state index contributed by atoms with van der Waals surface area (Å²) in [6, 6.07) is 7.91. The molecule has 1 aromatic heterocycles. The number of amides is 2. The van der Waals surface area contributed by atoms with Crippen molar-refractivity contribution >= 4 is 35.0 Å². The lowest BCUT2D eigenvalue weighted by Gasteiger charge is -2.31. The number of imidazole rings is 1. The Morgan fingerprint density at radius 3 is 2.71 bits per heavy atom. The van der Waals surface area contributed by atoms with Gasteiger partial charge < -0.3 is 9.88 Å².